The van der Waals surface area contributed by atoms with Gasteiger partial charge in [-0.25, -0.2) is 0 Å². The Morgan fingerprint density at radius 1 is 0.667 bits per heavy atom. The van der Waals surface area contributed by atoms with Crippen molar-refractivity contribution in [2.45, 2.75) is 217 Å². The van der Waals surface area contributed by atoms with E-state index in [1.807, 2.05) is 0 Å². The van der Waals surface area contributed by atoms with Crippen LogP contribution < -0.4 is 0 Å². The van der Waals surface area contributed by atoms with Gasteiger partial charge >= 0.3 is 5.97 Å². The molecule has 3 heterocycles. The molecule has 262 valence electrons. The minimum absolute atomic E-state index is 0.0249. The van der Waals surface area contributed by atoms with Crippen LogP contribution in [-0.2, 0) is 23.8 Å². The van der Waals surface area contributed by atoms with Crippen molar-refractivity contribution in [1.82, 2.24) is 0 Å². The largest absolute Gasteiger partial charge is 0.462 e. The van der Waals surface area contributed by atoms with Crippen LogP contribution in [-0.4, -0.2) is 75.9 Å². The summed E-state index contributed by atoms with van der Waals surface area (Å²) >= 11 is 0. The van der Waals surface area contributed by atoms with E-state index in [-0.39, 0.29) is 48.2 Å². The summed E-state index contributed by atoms with van der Waals surface area (Å²) in [5, 5.41) is 32.1. The maximum atomic E-state index is 11.9. The summed E-state index contributed by atoms with van der Waals surface area (Å²) in [6.07, 6.45) is 21.5. The highest BCUT2D eigenvalue weighted by Gasteiger charge is 2.36. The van der Waals surface area contributed by atoms with Gasteiger partial charge in [-0.05, 0) is 77.6 Å². The number of carbonyl (C=O) groups excluding carboxylic acids is 2. The Hall–Kier alpha value is -1.06. The molecule has 0 aromatic heterocycles. The molecule has 0 unspecified atom stereocenters. The number of ether oxygens (including phenoxy) is 3. The van der Waals surface area contributed by atoms with Crippen LogP contribution in [0.3, 0.4) is 0 Å². The van der Waals surface area contributed by atoms with E-state index in [2.05, 4.69) is 6.92 Å². The zero-order valence-corrected chi connectivity index (χ0v) is 28.5. The van der Waals surface area contributed by atoms with Crippen molar-refractivity contribution in [2.24, 2.45) is 5.92 Å². The van der Waals surface area contributed by atoms with Crippen LogP contribution in [0.4, 0.5) is 0 Å². The quantitative estimate of drug-likeness (QED) is 0.0714. The van der Waals surface area contributed by atoms with Crippen molar-refractivity contribution in [2.75, 3.05) is 0 Å². The highest BCUT2D eigenvalue weighted by atomic mass is 16.6. The highest BCUT2D eigenvalue weighted by Crippen LogP contribution is 2.31. The van der Waals surface area contributed by atoms with E-state index in [1.54, 1.807) is 0 Å². The van der Waals surface area contributed by atoms with E-state index in [1.165, 1.54) is 45.4 Å². The fraction of sp³-hybridized carbons (Fsp3) is 0.946. The van der Waals surface area contributed by atoms with Gasteiger partial charge in [0.2, 0.25) is 0 Å². The smallest absolute Gasteiger partial charge is 0.309 e. The molecule has 8 heteroatoms. The maximum absolute atomic E-state index is 11.9. The number of rotatable bonds is 25. The summed E-state index contributed by atoms with van der Waals surface area (Å²) in [5.41, 5.74) is 0. The number of carbonyl (C=O) groups is 2. The van der Waals surface area contributed by atoms with E-state index in [9.17, 15) is 24.9 Å². The first-order chi connectivity index (χ1) is 21.8. The SMILES string of the molecule is CCCCCCCCCC[C@H](O)[C@H]1CC[C@@H]([C@@H](O)CC[C@@H](O)[C@H]2CC[C@H](CCCCCCC[C@@H]3C[C@@H](CC(C)=O)C(=O)O3)O2)O1. The monoisotopic (exact) mass is 638 g/mol. The summed E-state index contributed by atoms with van der Waals surface area (Å²) < 4.78 is 17.7. The molecule has 0 amide bonds. The molecule has 0 spiro atoms. The highest BCUT2D eigenvalue weighted by molar-refractivity contribution is 5.83. The van der Waals surface area contributed by atoms with Crippen LogP contribution in [0, 0.1) is 5.92 Å². The third kappa shape index (κ3) is 14.7. The normalized spacial score (nSPS) is 28.8. The molecule has 3 aliphatic heterocycles. The second kappa shape index (κ2) is 21.7. The number of esters is 1. The van der Waals surface area contributed by atoms with Crippen molar-refractivity contribution in [3.8, 4) is 0 Å². The van der Waals surface area contributed by atoms with Gasteiger partial charge in [0.15, 0.2) is 0 Å². The molecular weight excluding hydrogens is 572 g/mol. The molecule has 3 fully saturated rings. The summed E-state index contributed by atoms with van der Waals surface area (Å²) in [4.78, 5) is 23.2. The molecule has 3 N–H and O–H groups in total. The second-order valence-corrected chi connectivity index (χ2v) is 14.4. The molecular formula is C37H66O8. The zero-order chi connectivity index (χ0) is 32.4. The Bertz CT molecular complexity index is 820. The Labute approximate surface area is 273 Å². The summed E-state index contributed by atoms with van der Waals surface area (Å²) in [7, 11) is 0. The van der Waals surface area contributed by atoms with Crippen molar-refractivity contribution in [1.29, 1.82) is 0 Å². The van der Waals surface area contributed by atoms with Gasteiger partial charge in [0, 0.05) is 6.42 Å². The molecule has 0 aliphatic carbocycles. The average Bonchev–Trinajstić information content (AvgIpc) is 3.77. The molecule has 45 heavy (non-hydrogen) atoms. The van der Waals surface area contributed by atoms with Crippen molar-refractivity contribution in [3.63, 3.8) is 0 Å². The molecule has 8 nitrogen and oxygen atoms in total. The predicted octanol–water partition coefficient (Wildman–Crippen LogP) is 7.12. The Balaban J connectivity index is 1.16. The first kappa shape index (κ1) is 38.4. The molecule has 3 saturated heterocycles. The summed E-state index contributed by atoms with van der Waals surface area (Å²) in [6.45, 7) is 3.77. The van der Waals surface area contributed by atoms with Gasteiger partial charge < -0.3 is 34.3 Å². The third-order valence-electron chi connectivity index (χ3n) is 10.4. The first-order valence-corrected chi connectivity index (χ1v) is 18.8. The second-order valence-electron chi connectivity index (χ2n) is 14.4. The van der Waals surface area contributed by atoms with Gasteiger partial charge in [0.05, 0.1) is 48.6 Å². The number of aliphatic hydroxyl groups excluding tert-OH is 3. The average molecular weight is 639 g/mol. The molecule has 3 aliphatic rings. The standard InChI is InChI=1S/C37H66O8/c1-3-4-5-6-7-8-12-15-18-31(39)35-23-24-36(45-35)33(41)21-20-32(40)34-22-19-29(43-34)16-13-10-9-11-14-17-30-26-28(25-27(2)38)37(42)44-30/h28-36,39-41H,3-26H2,1-2H3/t28-,29+,30-,31+,32-,33+,34-,35-,36+/m1/s1. The Morgan fingerprint density at radius 3 is 1.76 bits per heavy atom. The minimum atomic E-state index is -0.625. The van der Waals surface area contributed by atoms with E-state index >= 15 is 0 Å². The molecule has 0 aromatic carbocycles. The molecule has 9 atom stereocenters. The fourth-order valence-electron chi connectivity index (χ4n) is 7.56. The van der Waals surface area contributed by atoms with E-state index in [0.29, 0.717) is 25.7 Å². The van der Waals surface area contributed by atoms with Crippen LogP contribution in [0.25, 0.3) is 0 Å². The van der Waals surface area contributed by atoms with Gasteiger partial charge in [-0.3, -0.25) is 4.79 Å². The predicted molar refractivity (Wildman–Crippen MR) is 176 cm³/mol. The van der Waals surface area contributed by atoms with Gasteiger partial charge in [0.1, 0.15) is 11.9 Å². The van der Waals surface area contributed by atoms with Crippen LogP contribution in [0.15, 0.2) is 0 Å². The zero-order valence-electron chi connectivity index (χ0n) is 28.5. The summed E-state index contributed by atoms with van der Waals surface area (Å²) in [6, 6.07) is 0. The number of unbranched alkanes of at least 4 members (excludes halogenated alkanes) is 11. The fourth-order valence-corrected chi connectivity index (χ4v) is 7.56. The molecule has 0 radical (unpaired) electrons. The van der Waals surface area contributed by atoms with E-state index in [4.69, 9.17) is 14.2 Å². The Morgan fingerprint density at radius 2 is 1.16 bits per heavy atom. The Kier molecular flexibility index (Phi) is 18.5. The maximum Gasteiger partial charge on any atom is 0.309 e. The third-order valence-corrected chi connectivity index (χ3v) is 10.4. The van der Waals surface area contributed by atoms with Crippen LogP contribution in [0.1, 0.15) is 168 Å². The van der Waals surface area contributed by atoms with Crippen LogP contribution >= 0.6 is 0 Å². The molecule has 0 bridgehead atoms. The molecule has 3 rings (SSSR count). The number of ketones is 1. The van der Waals surface area contributed by atoms with Gasteiger partial charge in [0.25, 0.3) is 0 Å². The van der Waals surface area contributed by atoms with E-state index < -0.39 is 18.3 Å². The van der Waals surface area contributed by atoms with Crippen LogP contribution in [0.5, 0.6) is 0 Å². The van der Waals surface area contributed by atoms with Crippen molar-refractivity contribution < 1.29 is 39.1 Å². The lowest BCUT2D eigenvalue weighted by molar-refractivity contribution is -0.145. The summed E-state index contributed by atoms with van der Waals surface area (Å²) in [5.74, 6) is -0.398. The first-order valence-electron chi connectivity index (χ1n) is 18.8. The van der Waals surface area contributed by atoms with Gasteiger partial charge in [-0.1, -0.05) is 84.0 Å². The number of cyclic esters (lactones) is 1. The lowest BCUT2D eigenvalue weighted by Gasteiger charge is -2.24. The lowest BCUT2D eigenvalue weighted by atomic mass is 9.96. The van der Waals surface area contributed by atoms with E-state index in [0.717, 1.165) is 89.9 Å². The number of hydrogen-bond acceptors (Lipinski definition) is 8. The number of aliphatic hydroxyl groups is 3. The van der Waals surface area contributed by atoms with Gasteiger partial charge in [-0.2, -0.15) is 0 Å². The topological polar surface area (TPSA) is 123 Å². The van der Waals surface area contributed by atoms with Gasteiger partial charge in [-0.15, -0.1) is 0 Å². The molecule has 0 saturated carbocycles. The van der Waals surface area contributed by atoms with Crippen molar-refractivity contribution in [3.05, 3.63) is 0 Å². The van der Waals surface area contributed by atoms with Crippen LogP contribution in [0.2, 0.25) is 0 Å². The molecule has 0 aromatic rings. The van der Waals surface area contributed by atoms with Crippen molar-refractivity contribution >= 4 is 11.8 Å². The lowest BCUT2D eigenvalue weighted by Crippen LogP contribution is -2.33. The minimum Gasteiger partial charge on any atom is -0.462 e. The number of hydrogen-bond donors (Lipinski definition) is 3. The number of Topliss-reactive ketones (excluding diaryl/α,β-unsaturated/α-hetero) is 1.